The van der Waals surface area contributed by atoms with Gasteiger partial charge in [-0.15, -0.1) is 0 Å². The molecule has 0 spiro atoms. The van der Waals surface area contributed by atoms with Gasteiger partial charge in [0.1, 0.15) is 11.6 Å². The molecule has 2 aromatic heterocycles. The van der Waals surface area contributed by atoms with Crippen LogP contribution in [0, 0.1) is 13.8 Å². The van der Waals surface area contributed by atoms with E-state index in [-0.39, 0.29) is 0 Å². The smallest absolute Gasteiger partial charge is 0.177 e. The lowest BCUT2D eigenvalue weighted by atomic mass is 10.2. The van der Waals surface area contributed by atoms with E-state index in [2.05, 4.69) is 34.9 Å². The van der Waals surface area contributed by atoms with Crippen LogP contribution in [0.25, 0.3) is 11.2 Å². The lowest BCUT2D eigenvalue weighted by Gasteiger charge is -2.05. The third-order valence-electron chi connectivity index (χ3n) is 3.25. The average Bonchev–Trinajstić information content (AvgIpc) is 2.83. The standard InChI is InChI=1S/C16H17N3O/c1-11-4-3-5-13(10-11)20-9-7-14-18-15-12(2)6-8-17-16(15)19-14/h3-6,8,10H,7,9H2,1-2H3,(H,17,18,19). The van der Waals surface area contributed by atoms with Crippen LogP contribution in [-0.2, 0) is 6.42 Å². The number of benzene rings is 1. The van der Waals surface area contributed by atoms with E-state index in [1.165, 1.54) is 5.56 Å². The van der Waals surface area contributed by atoms with Crippen LogP contribution in [-0.4, -0.2) is 21.6 Å². The van der Waals surface area contributed by atoms with E-state index in [9.17, 15) is 0 Å². The second kappa shape index (κ2) is 5.33. The molecule has 102 valence electrons. The molecular weight excluding hydrogens is 250 g/mol. The van der Waals surface area contributed by atoms with Gasteiger partial charge in [0.2, 0.25) is 0 Å². The molecule has 0 saturated carbocycles. The van der Waals surface area contributed by atoms with E-state index < -0.39 is 0 Å². The van der Waals surface area contributed by atoms with Crippen LogP contribution >= 0.6 is 0 Å². The van der Waals surface area contributed by atoms with E-state index in [4.69, 9.17) is 4.74 Å². The Morgan fingerprint density at radius 3 is 2.90 bits per heavy atom. The van der Waals surface area contributed by atoms with Crippen molar-refractivity contribution in [2.75, 3.05) is 6.61 Å². The van der Waals surface area contributed by atoms with Crippen molar-refractivity contribution in [2.45, 2.75) is 20.3 Å². The fourth-order valence-electron chi connectivity index (χ4n) is 2.17. The van der Waals surface area contributed by atoms with E-state index in [0.29, 0.717) is 6.61 Å². The molecule has 4 heteroatoms. The number of pyridine rings is 1. The van der Waals surface area contributed by atoms with Crippen LogP contribution in [0.5, 0.6) is 5.75 Å². The molecule has 0 amide bonds. The van der Waals surface area contributed by atoms with Crippen LogP contribution in [0.4, 0.5) is 0 Å². The molecule has 0 fully saturated rings. The van der Waals surface area contributed by atoms with Gasteiger partial charge in [-0.1, -0.05) is 12.1 Å². The zero-order valence-corrected chi connectivity index (χ0v) is 11.7. The van der Waals surface area contributed by atoms with Crippen molar-refractivity contribution in [3.05, 3.63) is 53.5 Å². The summed E-state index contributed by atoms with van der Waals surface area (Å²) in [6.07, 6.45) is 2.52. The molecule has 0 atom stereocenters. The van der Waals surface area contributed by atoms with Crippen molar-refractivity contribution in [1.29, 1.82) is 0 Å². The number of nitrogens with one attached hydrogen (secondary N) is 1. The Bertz CT molecular complexity index is 733. The van der Waals surface area contributed by atoms with Crippen molar-refractivity contribution in [3.8, 4) is 5.75 Å². The first-order valence-electron chi connectivity index (χ1n) is 6.72. The minimum Gasteiger partial charge on any atom is -0.493 e. The number of aromatic amines is 1. The molecule has 2 heterocycles. The summed E-state index contributed by atoms with van der Waals surface area (Å²) >= 11 is 0. The first-order chi connectivity index (χ1) is 9.72. The Morgan fingerprint density at radius 2 is 2.10 bits per heavy atom. The third kappa shape index (κ3) is 2.64. The molecule has 0 aliphatic heterocycles. The SMILES string of the molecule is Cc1cccc(OCCc2nc3nccc(C)c3[nH]2)c1. The van der Waals surface area contributed by atoms with Gasteiger partial charge in [0.15, 0.2) is 5.65 Å². The summed E-state index contributed by atoms with van der Waals surface area (Å²) < 4.78 is 5.74. The number of hydrogen-bond donors (Lipinski definition) is 1. The Hall–Kier alpha value is -2.36. The zero-order valence-electron chi connectivity index (χ0n) is 11.7. The number of H-pyrrole nitrogens is 1. The Kier molecular flexibility index (Phi) is 3.37. The fraction of sp³-hybridized carbons (Fsp3) is 0.250. The van der Waals surface area contributed by atoms with Crippen LogP contribution in [0.1, 0.15) is 17.0 Å². The van der Waals surface area contributed by atoms with Crippen molar-refractivity contribution < 1.29 is 4.74 Å². The summed E-state index contributed by atoms with van der Waals surface area (Å²) in [5.41, 5.74) is 4.15. The minimum atomic E-state index is 0.600. The quantitative estimate of drug-likeness (QED) is 0.789. The number of imidazole rings is 1. The molecule has 20 heavy (non-hydrogen) atoms. The predicted octanol–water partition coefficient (Wildman–Crippen LogP) is 3.20. The van der Waals surface area contributed by atoms with Gasteiger partial charge in [0, 0.05) is 12.6 Å². The first kappa shape index (κ1) is 12.7. The van der Waals surface area contributed by atoms with Gasteiger partial charge in [-0.2, -0.15) is 0 Å². The van der Waals surface area contributed by atoms with Gasteiger partial charge in [-0.3, -0.25) is 0 Å². The van der Waals surface area contributed by atoms with Gasteiger partial charge < -0.3 is 9.72 Å². The molecule has 1 N–H and O–H groups in total. The number of aryl methyl sites for hydroxylation is 2. The van der Waals surface area contributed by atoms with Gasteiger partial charge in [-0.05, 0) is 43.2 Å². The molecule has 0 radical (unpaired) electrons. The second-order valence-electron chi connectivity index (χ2n) is 4.92. The average molecular weight is 267 g/mol. The topological polar surface area (TPSA) is 50.8 Å². The van der Waals surface area contributed by atoms with Crippen molar-refractivity contribution in [2.24, 2.45) is 0 Å². The second-order valence-corrected chi connectivity index (χ2v) is 4.92. The van der Waals surface area contributed by atoms with Crippen molar-refractivity contribution in [3.63, 3.8) is 0 Å². The number of nitrogens with zero attached hydrogens (tertiary/aromatic N) is 2. The maximum absolute atomic E-state index is 5.74. The lowest BCUT2D eigenvalue weighted by molar-refractivity contribution is 0.319. The van der Waals surface area contributed by atoms with Crippen molar-refractivity contribution >= 4 is 11.2 Å². The molecule has 0 bridgehead atoms. The number of rotatable bonds is 4. The highest BCUT2D eigenvalue weighted by Crippen LogP contribution is 2.15. The van der Waals surface area contributed by atoms with Crippen LogP contribution in [0.2, 0.25) is 0 Å². The lowest BCUT2D eigenvalue weighted by Crippen LogP contribution is -2.02. The normalized spacial score (nSPS) is 10.9. The molecule has 0 aliphatic carbocycles. The van der Waals surface area contributed by atoms with E-state index >= 15 is 0 Å². The van der Waals surface area contributed by atoms with E-state index in [0.717, 1.165) is 34.7 Å². The zero-order chi connectivity index (χ0) is 13.9. The molecule has 3 aromatic rings. The molecule has 3 rings (SSSR count). The maximum atomic E-state index is 5.74. The molecule has 0 unspecified atom stereocenters. The summed E-state index contributed by atoms with van der Waals surface area (Å²) in [5, 5.41) is 0. The number of fused-ring (bicyclic) bond motifs is 1. The van der Waals surface area contributed by atoms with Gasteiger partial charge >= 0.3 is 0 Å². The molecule has 1 aromatic carbocycles. The van der Waals surface area contributed by atoms with Gasteiger partial charge in [0.25, 0.3) is 0 Å². The summed E-state index contributed by atoms with van der Waals surface area (Å²) in [4.78, 5) is 12.0. The third-order valence-corrected chi connectivity index (χ3v) is 3.25. The van der Waals surface area contributed by atoms with E-state index in [1.54, 1.807) is 6.20 Å². The summed E-state index contributed by atoms with van der Waals surface area (Å²) in [6, 6.07) is 10.0. The molecule has 0 aliphatic rings. The maximum Gasteiger partial charge on any atom is 0.177 e. The van der Waals surface area contributed by atoms with Crippen LogP contribution in [0.15, 0.2) is 36.5 Å². The Balaban J connectivity index is 1.67. The van der Waals surface area contributed by atoms with Crippen molar-refractivity contribution in [1.82, 2.24) is 15.0 Å². The Morgan fingerprint density at radius 1 is 1.20 bits per heavy atom. The van der Waals surface area contributed by atoms with Crippen LogP contribution in [0.3, 0.4) is 0 Å². The highest BCUT2D eigenvalue weighted by Gasteiger charge is 2.05. The highest BCUT2D eigenvalue weighted by atomic mass is 16.5. The first-order valence-corrected chi connectivity index (χ1v) is 6.72. The number of aromatic nitrogens is 3. The summed E-state index contributed by atoms with van der Waals surface area (Å²) in [5.74, 6) is 1.81. The largest absolute Gasteiger partial charge is 0.493 e. The monoisotopic (exact) mass is 267 g/mol. The predicted molar refractivity (Wildman–Crippen MR) is 79.0 cm³/mol. The molecule has 0 saturated heterocycles. The van der Waals surface area contributed by atoms with Gasteiger partial charge in [0.05, 0.1) is 12.1 Å². The van der Waals surface area contributed by atoms with E-state index in [1.807, 2.05) is 24.3 Å². The summed E-state index contributed by atoms with van der Waals surface area (Å²) in [6.45, 7) is 4.71. The minimum absolute atomic E-state index is 0.600. The highest BCUT2D eigenvalue weighted by molar-refractivity contribution is 5.74. The molecule has 4 nitrogen and oxygen atoms in total. The Labute approximate surface area is 117 Å². The molecular formula is C16H17N3O. The number of hydrogen-bond acceptors (Lipinski definition) is 3. The van der Waals surface area contributed by atoms with Gasteiger partial charge in [-0.25, -0.2) is 9.97 Å². The summed E-state index contributed by atoms with van der Waals surface area (Å²) in [7, 11) is 0. The van der Waals surface area contributed by atoms with Crippen LogP contribution < -0.4 is 4.74 Å². The fourth-order valence-corrected chi connectivity index (χ4v) is 2.17. The number of ether oxygens (including phenoxy) is 1.